The highest BCUT2D eigenvalue weighted by atomic mass is 32.1. The van der Waals surface area contributed by atoms with Crippen molar-refractivity contribution in [1.82, 2.24) is 9.97 Å². The maximum Gasteiger partial charge on any atom is 0.116 e. The Morgan fingerprint density at radius 1 is 0.362 bits per heavy atom. The molecule has 28 radical (unpaired) electrons. The number of rotatable bonds is 4. The summed E-state index contributed by atoms with van der Waals surface area (Å²) in [5, 5.41) is 0.966. The predicted molar refractivity (Wildman–Crippen MR) is 307 cm³/mol. The van der Waals surface area contributed by atoms with Crippen LogP contribution >= 0.6 is 11.3 Å². The van der Waals surface area contributed by atoms with Gasteiger partial charge in [0.05, 0.1) is 15.9 Å². The summed E-state index contributed by atoms with van der Waals surface area (Å²) in [5.41, 5.74) is 15.1. The zero-order valence-corrected chi connectivity index (χ0v) is 39.1. The van der Waals surface area contributed by atoms with Crippen LogP contribution in [0.25, 0.3) is 87.2 Å². The lowest BCUT2D eigenvalue weighted by molar-refractivity contribution is 0.669. The van der Waals surface area contributed by atoms with E-state index in [-0.39, 0.29) is 32.8 Å². The third kappa shape index (κ3) is 6.17. The summed E-state index contributed by atoms with van der Waals surface area (Å²) < 4.78 is 1.94. The fourth-order valence-electron chi connectivity index (χ4n) is 11.4. The van der Waals surface area contributed by atoms with E-state index in [0.717, 1.165) is 64.9 Å². The highest BCUT2D eigenvalue weighted by Crippen LogP contribution is 2.47. The van der Waals surface area contributed by atoms with Crippen LogP contribution in [0.4, 0.5) is 0 Å². The van der Waals surface area contributed by atoms with Crippen LogP contribution in [0.1, 0.15) is 49.9 Å². The van der Waals surface area contributed by atoms with Crippen LogP contribution in [0.2, 0.25) is 0 Å². The van der Waals surface area contributed by atoms with Crippen LogP contribution in [0, 0.1) is 0 Å². The van der Waals surface area contributed by atoms with Gasteiger partial charge in [-0.1, -0.05) is 125 Å². The van der Waals surface area contributed by atoms with Gasteiger partial charge >= 0.3 is 0 Å². The molecule has 2 aromatic heterocycles. The molecule has 2 aliphatic carbocycles. The molecule has 2 heterocycles. The first-order chi connectivity index (χ1) is 32.6. The number of nitrogens with zero attached hydrogens (tertiary/aromatic N) is 2. The van der Waals surface area contributed by atoms with Crippen LogP contribution in [-0.2, 0) is 10.8 Å². The lowest BCUT2D eigenvalue weighted by Gasteiger charge is -2.29. The summed E-state index contributed by atoms with van der Waals surface area (Å²) >= 11 is 1.61. The molecular formula is C52H24B14N2S. The van der Waals surface area contributed by atoms with Crippen molar-refractivity contribution in [3.05, 3.63) is 95.3 Å². The second kappa shape index (κ2) is 15.6. The van der Waals surface area contributed by atoms with Crippen molar-refractivity contribution < 1.29 is 0 Å². The average molecular weight is 860 g/mol. The summed E-state index contributed by atoms with van der Waals surface area (Å²) in [5.74, 6) is 0. The largest absolute Gasteiger partial charge is 0.235 e. The number of aromatic nitrogens is 2. The molecule has 9 aromatic rings. The molecule has 0 fully saturated rings. The topological polar surface area (TPSA) is 25.8 Å². The second-order valence-electron chi connectivity index (χ2n) is 19.2. The van der Waals surface area contributed by atoms with Gasteiger partial charge < -0.3 is 0 Å². The van der Waals surface area contributed by atoms with Crippen molar-refractivity contribution in [2.24, 2.45) is 0 Å². The molecule has 0 saturated carbocycles. The van der Waals surface area contributed by atoms with Crippen molar-refractivity contribution >= 4 is 218 Å². The molecule has 0 saturated heterocycles. The Morgan fingerprint density at radius 3 is 1.23 bits per heavy atom. The average Bonchev–Trinajstić information content (AvgIpc) is 3.92. The minimum absolute atomic E-state index is 0.188. The van der Waals surface area contributed by atoms with Crippen LogP contribution in [-0.4, -0.2) is 120 Å². The molecular weight excluding hydrogens is 836 g/mol. The van der Waals surface area contributed by atoms with E-state index in [0.29, 0.717) is 88.2 Å². The molecule has 11 rings (SSSR count). The maximum atomic E-state index is 7.15. The Hall–Kier alpha value is -5.25. The lowest BCUT2D eigenvalue weighted by Crippen LogP contribution is -2.51. The molecule has 0 spiro atoms. The number of fused-ring (bicyclic) bond motifs is 9. The molecule has 7 aromatic carbocycles. The zero-order valence-electron chi connectivity index (χ0n) is 38.3. The maximum absolute atomic E-state index is 7.15. The second-order valence-corrected chi connectivity index (χ2v) is 20.2. The monoisotopic (exact) mass is 862 g/mol. The van der Waals surface area contributed by atoms with Gasteiger partial charge in [0.2, 0.25) is 0 Å². The van der Waals surface area contributed by atoms with Crippen molar-refractivity contribution in [2.75, 3.05) is 0 Å². The predicted octanol–water partition coefficient (Wildman–Crippen LogP) is -2.76. The summed E-state index contributed by atoms with van der Waals surface area (Å²) in [6, 6.07) is 22.3. The van der Waals surface area contributed by atoms with Gasteiger partial charge in [-0.05, 0) is 102 Å². The molecule has 290 valence electrons. The van der Waals surface area contributed by atoms with E-state index in [9.17, 15) is 0 Å². The smallest absolute Gasteiger partial charge is 0.116 e. The Bertz CT molecular complexity index is 3860. The number of thiophene rings is 1. The summed E-state index contributed by atoms with van der Waals surface area (Å²) in [6.45, 7) is 8.05. The van der Waals surface area contributed by atoms with Crippen LogP contribution < -0.4 is 76.5 Å². The normalized spacial score (nSPS) is 14.0. The van der Waals surface area contributed by atoms with E-state index < -0.39 is 10.8 Å². The lowest BCUT2D eigenvalue weighted by atomic mass is 9.61. The van der Waals surface area contributed by atoms with Gasteiger partial charge in [-0.3, -0.25) is 0 Å². The third-order valence-corrected chi connectivity index (χ3v) is 15.9. The molecule has 0 bridgehead atoms. The number of benzene rings is 7. The standard InChI is InChI=1S/C52H24B14N2S/c1-51(2)30-26(28-32(51)42(61)46(65)44(63)40(28)59)38(57)36(55)24(34(30)53)19-8-5-7-17(13-19)18-11-12-23-22(15-18)49-50(69-23)48(67-16-68-49)21-10-6-9-20(14-21)25-35(54)31-27(39(58)37(25)56)29-33(52(31,3)4)43(62)47(66)45(64)41(29)60/h5-16H,1-4H3. The third-order valence-electron chi connectivity index (χ3n) is 14.7. The Labute approximate surface area is 426 Å². The van der Waals surface area contributed by atoms with E-state index in [1.165, 1.54) is 0 Å². The first-order valence-corrected chi connectivity index (χ1v) is 22.9. The van der Waals surface area contributed by atoms with E-state index >= 15 is 0 Å². The van der Waals surface area contributed by atoms with Gasteiger partial charge in [-0.15, -0.1) is 33.2 Å². The molecule has 0 unspecified atom stereocenters. The van der Waals surface area contributed by atoms with Gasteiger partial charge in [-0.2, -0.15) is 0 Å². The Balaban J connectivity index is 0.995. The minimum atomic E-state index is -0.740. The molecule has 0 N–H and O–H groups in total. The first-order valence-electron chi connectivity index (χ1n) is 22.0. The van der Waals surface area contributed by atoms with Crippen molar-refractivity contribution in [3.63, 3.8) is 0 Å². The molecule has 2 aliphatic rings. The Morgan fingerprint density at radius 2 is 0.739 bits per heavy atom. The summed E-state index contributed by atoms with van der Waals surface area (Å²) in [6.07, 6.45) is 1.58. The fraction of sp³-hybridized carbons (Fsp3) is 0.115. The summed E-state index contributed by atoms with van der Waals surface area (Å²) in [7, 11) is 93.8. The van der Waals surface area contributed by atoms with Gasteiger partial charge in [0.25, 0.3) is 0 Å². The highest BCUT2D eigenvalue weighted by Gasteiger charge is 2.42. The quantitative estimate of drug-likeness (QED) is 0.180. The first kappa shape index (κ1) is 46.2. The van der Waals surface area contributed by atoms with Crippen molar-refractivity contribution in [3.8, 4) is 66.9 Å². The molecule has 0 atom stereocenters. The zero-order chi connectivity index (χ0) is 49.2. The molecule has 0 amide bonds. The van der Waals surface area contributed by atoms with Gasteiger partial charge in [0, 0.05) is 26.5 Å². The van der Waals surface area contributed by atoms with Crippen LogP contribution in [0.15, 0.2) is 73.1 Å². The van der Waals surface area contributed by atoms with E-state index in [4.69, 9.17) is 120 Å². The van der Waals surface area contributed by atoms with E-state index in [1.807, 2.05) is 70.2 Å². The van der Waals surface area contributed by atoms with E-state index in [1.54, 1.807) is 17.7 Å². The molecule has 17 heteroatoms. The number of hydrogen-bond acceptors (Lipinski definition) is 3. The van der Waals surface area contributed by atoms with Gasteiger partial charge in [-0.25, -0.2) is 9.97 Å². The molecule has 0 aliphatic heterocycles. The molecule has 69 heavy (non-hydrogen) atoms. The Kier molecular flexibility index (Phi) is 10.4. The van der Waals surface area contributed by atoms with Crippen LogP contribution in [0.5, 0.6) is 0 Å². The van der Waals surface area contributed by atoms with Crippen LogP contribution in [0.3, 0.4) is 0 Å². The SMILES string of the molecule is [B]c1c([B])c([B])c2c(c1[B])-c1c([B])c([B])c(-c3cccc(-c4ccc5sc6c(-c7cccc(-c8c([B])c([B])c9c(c8[B])C(C)(C)c8c([B])c([B])c([B])c([B])c8-9)c7)ncnc6c5c4)c3)c([B])c1C2(C)C. The number of hydrogen-bond donors (Lipinski definition) is 0. The minimum Gasteiger partial charge on any atom is -0.235 e. The van der Waals surface area contributed by atoms with E-state index in [2.05, 4.69) is 24.3 Å². The van der Waals surface area contributed by atoms with Gasteiger partial charge in [0.1, 0.15) is 116 Å². The fourth-order valence-corrected chi connectivity index (χ4v) is 12.6. The van der Waals surface area contributed by atoms with Gasteiger partial charge in [0.15, 0.2) is 0 Å². The van der Waals surface area contributed by atoms with Crippen molar-refractivity contribution in [2.45, 2.75) is 38.5 Å². The summed E-state index contributed by atoms with van der Waals surface area (Å²) in [4.78, 5) is 9.65. The highest BCUT2D eigenvalue weighted by molar-refractivity contribution is 7.26. The molecule has 2 nitrogen and oxygen atoms in total. The van der Waals surface area contributed by atoms with Crippen molar-refractivity contribution in [1.29, 1.82) is 0 Å².